The standard InChI is InChI=1S/C10H13NO3/c1-7(2)13-10(12)14-9-6-4-3-5-8(9)11/h3-7H,11H2,1-2H3. The quantitative estimate of drug-likeness (QED) is 0.446. The van der Waals surface area contributed by atoms with Crippen LogP contribution in [-0.4, -0.2) is 12.3 Å². The highest BCUT2D eigenvalue weighted by Gasteiger charge is 2.09. The van der Waals surface area contributed by atoms with Gasteiger partial charge in [-0.3, -0.25) is 0 Å². The van der Waals surface area contributed by atoms with Crippen LogP contribution < -0.4 is 10.5 Å². The number of hydrogen-bond donors (Lipinski definition) is 1. The van der Waals surface area contributed by atoms with Crippen molar-refractivity contribution in [2.24, 2.45) is 0 Å². The van der Waals surface area contributed by atoms with Gasteiger partial charge in [-0.1, -0.05) is 12.1 Å². The number of nitrogen functional groups attached to an aromatic ring is 1. The molecule has 0 bridgehead atoms. The van der Waals surface area contributed by atoms with Gasteiger partial charge in [-0.15, -0.1) is 0 Å². The van der Waals surface area contributed by atoms with E-state index in [2.05, 4.69) is 0 Å². The molecule has 1 aromatic rings. The average molecular weight is 195 g/mol. The van der Waals surface area contributed by atoms with Gasteiger partial charge < -0.3 is 15.2 Å². The van der Waals surface area contributed by atoms with Gasteiger partial charge in [0.1, 0.15) is 0 Å². The molecule has 0 aromatic heterocycles. The summed E-state index contributed by atoms with van der Waals surface area (Å²) in [7, 11) is 0. The van der Waals surface area contributed by atoms with Crippen LogP contribution >= 0.6 is 0 Å². The largest absolute Gasteiger partial charge is 0.514 e. The topological polar surface area (TPSA) is 61.5 Å². The van der Waals surface area contributed by atoms with E-state index in [1.54, 1.807) is 38.1 Å². The molecule has 0 aliphatic rings. The first-order chi connectivity index (χ1) is 6.59. The molecule has 76 valence electrons. The van der Waals surface area contributed by atoms with Crippen molar-refractivity contribution in [2.75, 3.05) is 5.73 Å². The highest BCUT2D eigenvalue weighted by molar-refractivity contribution is 5.67. The fourth-order valence-corrected chi connectivity index (χ4v) is 0.880. The molecule has 4 heteroatoms. The SMILES string of the molecule is CC(C)OC(=O)Oc1ccccc1N. The molecule has 1 aromatic carbocycles. The van der Waals surface area contributed by atoms with E-state index in [9.17, 15) is 4.79 Å². The zero-order chi connectivity index (χ0) is 10.6. The Balaban J connectivity index is 2.61. The smallest absolute Gasteiger partial charge is 0.431 e. The Kier molecular flexibility index (Phi) is 3.34. The number of carbonyl (C=O) groups is 1. The van der Waals surface area contributed by atoms with Crippen LogP contribution in [0.2, 0.25) is 0 Å². The van der Waals surface area contributed by atoms with Crippen LogP contribution in [-0.2, 0) is 4.74 Å². The van der Waals surface area contributed by atoms with Crippen molar-refractivity contribution in [3.63, 3.8) is 0 Å². The van der Waals surface area contributed by atoms with Crippen molar-refractivity contribution in [1.29, 1.82) is 0 Å². The lowest BCUT2D eigenvalue weighted by Crippen LogP contribution is -2.16. The molecule has 0 unspecified atom stereocenters. The average Bonchev–Trinajstić information content (AvgIpc) is 2.07. The number of hydrogen-bond acceptors (Lipinski definition) is 4. The molecule has 0 heterocycles. The predicted molar refractivity (Wildman–Crippen MR) is 53.1 cm³/mol. The number of anilines is 1. The normalized spacial score (nSPS) is 9.93. The number of para-hydroxylation sites is 2. The third-order valence-electron chi connectivity index (χ3n) is 1.44. The van der Waals surface area contributed by atoms with Crippen molar-refractivity contribution in [2.45, 2.75) is 20.0 Å². The van der Waals surface area contributed by atoms with E-state index in [0.717, 1.165) is 0 Å². The summed E-state index contributed by atoms with van der Waals surface area (Å²) in [5.41, 5.74) is 5.98. The van der Waals surface area contributed by atoms with Gasteiger partial charge in [0.05, 0.1) is 11.8 Å². The van der Waals surface area contributed by atoms with Crippen LogP contribution in [0.1, 0.15) is 13.8 Å². The first-order valence-corrected chi connectivity index (χ1v) is 4.32. The van der Waals surface area contributed by atoms with E-state index in [1.165, 1.54) is 0 Å². The first-order valence-electron chi connectivity index (χ1n) is 4.32. The molecule has 0 spiro atoms. The van der Waals surface area contributed by atoms with E-state index in [-0.39, 0.29) is 6.10 Å². The molecule has 4 nitrogen and oxygen atoms in total. The van der Waals surface area contributed by atoms with E-state index < -0.39 is 6.16 Å². The number of carbonyl (C=O) groups excluding carboxylic acids is 1. The molecule has 0 amide bonds. The molecule has 0 saturated heterocycles. The van der Waals surface area contributed by atoms with Gasteiger partial charge in [0.15, 0.2) is 5.75 Å². The van der Waals surface area contributed by atoms with Crippen LogP contribution in [0, 0.1) is 0 Å². The van der Waals surface area contributed by atoms with Crippen molar-refractivity contribution in [1.82, 2.24) is 0 Å². The molecule has 0 fully saturated rings. The van der Waals surface area contributed by atoms with E-state index in [0.29, 0.717) is 11.4 Å². The zero-order valence-corrected chi connectivity index (χ0v) is 8.19. The Labute approximate surface area is 82.6 Å². The second-order valence-corrected chi connectivity index (χ2v) is 3.06. The zero-order valence-electron chi connectivity index (χ0n) is 8.19. The van der Waals surface area contributed by atoms with Crippen LogP contribution in [0.15, 0.2) is 24.3 Å². The van der Waals surface area contributed by atoms with Crippen molar-refractivity contribution in [3.05, 3.63) is 24.3 Å². The van der Waals surface area contributed by atoms with Gasteiger partial charge in [-0.25, -0.2) is 4.79 Å². The van der Waals surface area contributed by atoms with Gasteiger partial charge in [0.25, 0.3) is 0 Å². The van der Waals surface area contributed by atoms with Crippen LogP contribution in [0.5, 0.6) is 5.75 Å². The number of ether oxygens (including phenoxy) is 2. The monoisotopic (exact) mass is 195 g/mol. The summed E-state index contributed by atoms with van der Waals surface area (Å²) in [4.78, 5) is 11.1. The van der Waals surface area contributed by atoms with Crippen LogP contribution in [0.3, 0.4) is 0 Å². The van der Waals surface area contributed by atoms with Crippen LogP contribution in [0.25, 0.3) is 0 Å². The second kappa shape index (κ2) is 4.50. The molecule has 1 rings (SSSR count). The molecule has 2 N–H and O–H groups in total. The lowest BCUT2D eigenvalue weighted by Gasteiger charge is -2.09. The summed E-state index contributed by atoms with van der Waals surface area (Å²) in [5, 5.41) is 0. The lowest BCUT2D eigenvalue weighted by atomic mass is 10.3. The molecular weight excluding hydrogens is 182 g/mol. The van der Waals surface area contributed by atoms with Crippen LogP contribution in [0.4, 0.5) is 10.5 Å². The highest BCUT2D eigenvalue weighted by Crippen LogP contribution is 2.20. The van der Waals surface area contributed by atoms with E-state index >= 15 is 0 Å². The summed E-state index contributed by atoms with van der Waals surface area (Å²) in [6.07, 6.45) is -0.940. The summed E-state index contributed by atoms with van der Waals surface area (Å²) < 4.78 is 9.66. The minimum Gasteiger partial charge on any atom is -0.431 e. The molecule has 0 saturated carbocycles. The van der Waals surface area contributed by atoms with Gasteiger partial charge in [0.2, 0.25) is 0 Å². The third-order valence-corrected chi connectivity index (χ3v) is 1.44. The molecule has 0 aliphatic heterocycles. The Morgan fingerprint density at radius 3 is 2.57 bits per heavy atom. The Morgan fingerprint density at radius 1 is 1.36 bits per heavy atom. The maximum absolute atomic E-state index is 11.1. The lowest BCUT2D eigenvalue weighted by molar-refractivity contribution is 0.0731. The fraction of sp³-hybridized carbons (Fsp3) is 0.300. The van der Waals surface area contributed by atoms with Gasteiger partial charge >= 0.3 is 6.16 Å². The van der Waals surface area contributed by atoms with Gasteiger partial charge in [-0.05, 0) is 26.0 Å². The summed E-state index contributed by atoms with van der Waals surface area (Å²) in [6, 6.07) is 6.75. The second-order valence-electron chi connectivity index (χ2n) is 3.06. The van der Waals surface area contributed by atoms with Gasteiger partial charge in [0, 0.05) is 0 Å². The summed E-state index contributed by atoms with van der Waals surface area (Å²) in [5.74, 6) is 0.318. The minimum atomic E-state index is -0.738. The molecule has 0 aliphatic carbocycles. The number of nitrogens with two attached hydrogens (primary N) is 1. The van der Waals surface area contributed by atoms with Crippen molar-refractivity contribution >= 4 is 11.8 Å². The Bertz CT molecular complexity index is 323. The third kappa shape index (κ3) is 2.97. The molecular formula is C10H13NO3. The minimum absolute atomic E-state index is 0.201. The number of benzene rings is 1. The predicted octanol–water partition coefficient (Wildman–Crippen LogP) is 2.19. The van der Waals surface area contributed by atoms with Crippen molar-refractivity contribution in [3.8, 4) is 5.75 Å². The summed E-state index contributed by atoms with van der Waals surface area (Å²) in [6.45, 7) is 3.49. The molecule has 0 atom stereocenters. The first kappa shape index (κ1) is 10.4. The van der Waals surface area contributed by atoms with E-state index in [1.807, 2.05) is 0 Å². The molecule has 0 radical (unpaired) electrons. The maximum atomic E-state index is 11.1. The maximum Gasteiger partial charge on any atom is 0.514 e. The summed E-state index contributed by atoms with van der Waals surface area (Å²) >= 11 is 0. The van der Waals surface area contributed by atoms with Gasteiger partial charge in [-0.2, -0.15) is 0 Å². The fourth-order valence-electron chi connectivity index (χ4n) is 0.880. The Morgan fingerprint density at radius 2 is 2.00 bits per heavy atom. The highest BCUT2D eigenvalue weighted by atomic mass is 16.7. The Hall–Kier alpha value is -1.71. The number of rotatable bonds is 2. The molecule has 14 heavy (non-hydrogen) atoms. The van der Waals surface area contributed by atoms with E-state index in [4.69, 9.17) is 15.2 Å². The van der Waals surface area contributed by atoms with Crippen molar-refractivity contribution < 1.29 is 14.3 Å².